The van der Waals surface area contributed by atoms with Gasteiger partial charge in [-0.3, -0.25) is 0 Å². The molecular weight excluding hydrogens is 445 g/mol. The second-order valence-electron chi connectivity index (χ2n) is 6.41. The fraction of sp³-hybridized carbons (Fsp3) is 0.0435. The predicted molar refractivity (Wildman–Crippen MR) is 119 cm³/mol. The van der Waals surface area contributed by atoms with Crippen LogP contribution >= 0.6 is 34.8 Å². The van der Waals surface area contributed by atoms with E-state index in [1.54, 1.807) is 54.6 Å². The van der Waals surface area contributed by atoms with Crippen LogP contribution in [0.2, 0.25) is 15.1 Å². The Morgan fingerprint density at radius 3 is 2.43 bits per heavy atom. The molecule has 1 aliphatic rings. The minimum absolute atomic E-state index is 0.191. The number of nitrogens with zero attached hydrogens (tertiary/aromatic N) is 1. The van der Waals surface area contributed by atoms with E-state index in [-0.39, 0.29) is 11.6 Å². The van der Waals surface area contributed by atoms with Crippen molar-refractivity contribution in [2.45, 2.75) is 6.61 Å². The zero-order valence-electron chi connectivity index (χ0n) is 15.4. The van der Waals surface area contributed by atoms with Crippen molar-refractivity contribution in [3.8, 4) is 5.75 Å². The topological polar surface area (TPSA) is 47.9 Å². The van der Waals surface area contributed by atoms with Crippen molar-refractivity contribution in [2.75, 3.05) is 0 Å². The second-order valence-corrected chi connectivity index (χ2v) is 7.66. The Hall–Kier alpha value is -2.79. The van der Waals surface area contributed by atoms with Gasteiger partial charge >= 0.3 is 5.97 Å². The van der Waals surface area contributed by atoms with E-state index in [1.807, 2.05) is 18.2 Å². The van der Waals surface area contributed by atoms with E-state index in [1.165, 1.54) is 0 Å². The van der Waals surface area contributed by atoms with E-state index in [9.17, 15) is 4.79 Å². The van der Waals surface area contributed by atoms with Gasteiger partial charge in [0.25, 0.3) is 0 Å². The van der Waals surface area contributed by atoms with Crippen molar-refractivity contribution in [3.63, 3.8) is 0 Å². The summed E-state index contributed by atoms with van der Waals surface area (Å²) in [6, 6.07) is 19.6. The SMILES string of the molecule is O=C1OC(c2ccccc2Cl)=N/C1=C\c1ccc(OCc2ccc(Cl)cc2Cl)cc1. The molecule has 0 aromatic heterocycles. The van der Waals surface area contributed by atoms with Crippen molar-refractivity contribution in [1.82, 2.24) is 0 Å². The van der Waals surface area contributed by atoms with Crippen LogP contribution in [0.3, 0.4) is 0 Å². The van der Waals surface area contributed by atoms with Gasteiger partial charge in [0.1, 0.15) is 12.4 Å². The summed E-state index contributed by atoms with van der Waals surface area (Å²) >= 11 is 18.2. The third-order valence-electron chi connectivity index (χ3n) is 4.32. The van der Waals surface area contributed by atoms with Crippen molar-refractivity contribution in [2.24, 2.45) is 4.99 Å². The Bertz CT molecular complexity index is 1170. The van der Waals surface area contributed by atoms with E-state index in [0.29, 0.717) is 33.0 Å². The molecule has 0 aliphatic carbocycles. The predicted octanol–water partition coefficient (Wildman–Crippen LogP) is 6.57. The maximum atomic E-state index is 12.2. The Morgan fingerprint density at radius 1 is 0.933 bits per heavy atom. The van der Waals surface area contributed by atoms with Gasteiger partial charge in [-0.05, 0) is 48.0 Å². The van der Waals surface area contributed by atoms with E-state index < -0.39 is 5.97 Å². The maximum absolute atomic E-state index is 12.2. The number of esters is 1. The summed E-state index contributed by atoms with van der Waals surface area (Å²) in [6.45, 7) is 0.314. The van der Waals surface area contributed by atoms with Gasteiger partial charge in [-0.1, -0.05) is 65.1 Å². The number of hydrogen-bond donors (Lipinski definition) is 0. The molecule has 150 valence electrons. The van der Waals surface area contributed by atoms with E-state index in [2.05, 4.69) is 4.99 Å². The number of hydrogen-bond acceptors (Lipinski definition) is 4. The van der Waals surface area contributed by atoms with Crippen molar-refractivity contribution >= 4 is 52.7 Å². The highest BCUT2D eigenvalue weighted by Crippen LogP contribution is 2.25. The van der Waals surface area contributed by atoms with Crippen LogP contribution in [0.4, 0.5) is 0 Å². The van der Waals surface area contributed by atoms with Crippen LogP contribution in [0.25, 0.3) is 6.08 Å². The molecule has 0 saturated heterocycles. The first-order chi connectivity index (χ1) is 14.5. The van der Waals surface area contributed by atoms with Crippen molar-refractivity contribution < 1.29 is 14.3 Å². The Morgan fingerprint density at radius 2 is 1.70 bits per heavy atom. The number of cyclic esters (lactones) is 1. The summed E-state index contributed by atoms with van der Waals surface area (Å²) in [5.41, 5.74) is 2.39. The highest BCUT2D eigenvalue weighted by Gasteiger charge is 2.25. The smallest absolute Gasteiger partial charge is 0.363 e. The summed E-state index contributed by atoms with van der Waals surface area (Å²) in [7, 11) is 0. The lowest BCUT2D eigenvalue weighted by molar-refractivity contribution is -0.129. The second kappa shape index (κ2) is 8.92. The fourth-order valence-electron chi connectivity index (χ4n) is 2.78. The molecule has 0 saturated carbocycles. The number of rotatable bonds is 5. The van der Waals surface area contributed by atoms with Crippen LogP contribution in [0.5, 0.6) is 5.75 Å². The normalized spacial score (nSPS) is 14.6. The molecule has 1 heterocycles. The number of halogens is 3. The maximum Gasteiger partial charge on any atom is 0.363 e. The first kappa shape index (κ1) is 20.5. The first-order valence-corrected chi connectivity index (χ1v) is 10.1. The van der Waals surface area contributed by atoms with E-state index in [4.69, 9.17) is 44.3 Å². The third kappa shape index (κ3) is 4.68. The van der Waals surface area contributed by atoms with Gasteiger partial charge < -0.3 is 9.47 Å². The molecule has 3 aromatic rings. The molecule has 4 rings (SSSR count). The molecular formula is C23H14Cl3NO3. The summed E-state index contributed by atoms with van der Waals surface area (Å²) in [4.78, 5) is 16.4. The number of ether oxygens (including phenoxy) is 2. The molecule has 4 nitrogen and oxygen atoms in total. The summed E-state index contributed by atoms with van der Waals surface area (Å²) < 4.78 is 11.0. The van der Waals surface area contributed by atoms with Crippen molar-refractivity contribution in [1.29, 1.82) is 0 Å². The van der Waals surface area contributed by atoms with Gasteiger partial charge in [-0.15, -0.1) is 0 Å². The molecule has 0 atom stereocenters. The monoisotopic (exact) mass is 457 g/mol. The number of carbonyl (C=O) groups is 1. The summed E-state index contributed by atoms with van der Waals surface area (Å²) in [6.07, 6.45) is 1.64. The lowest BCUT2D eigenvalue weighted by Crippen LogP contribution is -2.05. The molecule has 0 spiro atoms. The third-order valence-corrected chi connectivity index (χ3v) is 5.23. The zero-order valence-corrected chi connectivity index (χ0v) is 17.7. The molecule has 0 bridgehead atoms. The number of aliphatic imine (C=N–C) groups is 1. The van der Waals surface area contributed by atoms with Crippen LogP contribution in [0.1, 0.15) is 16.7 Å². The molecule has 30 heavy (non-hydrogen) atoms. The standard InChI is InChI=1S/C23H14Cl3NO3/c24-16-8-7-15(20(26)12-16)13-29-17-9-5-14(6-10-17)11-21-23(28)30-22(27-21)18-3-1-2-4-19(18)25/h1-12H,13H2/b21-11-. The highest BCUT2D eigenvalue weighted by atomic mass is 35.5. The van der Waals surface area contributed by atoms with Crippen LogP contribution in [0.15, 0.2) is 77.4 Å². The molecule has 3 aromatic carbocycles. The Balaban J connectivity index is 1.47. The molecule has 0 unspecified atom stereocenters. The number of benzene rings is 3. The van der Waals surface area contributed by atoms with Gasteiger partial charge in [0.05, 0.1) is 10.6 Å². The van der Waals surface area contributed by atoms with Crippen LogP contribution in [-0.2, 0) is 16.1 Å². The van der Waals surface area contributed by atoms with Gasteiger partial charge in [0.15, 0.2) is 5.70 Å². The average molecular weight is 459 g/mol. The minimum Gasteiger partial charge on any atom is -0.489 e. The minimum atomic E-state index is -0.525. The molecule has 0 N–H and O–H groups in total. The summed E-state index contributed by atoms with van der Waals surface area (Å²) in [5, 5.41) is 1.59. The van der Waals surface area contributed by atoms with Gasteiger partial charge in [0, 0.05) is 15.6 Å². The van der Waals surface area contributed by atoms with Crippen LogP contribution in [-0.4, -0.2) is 11.9 Å². The van der Waals surface area contributed by atoms with Crippen LogP contribution in [0, 0.1) is 0 Å². The molecule has 0 amide bonds. The molecule has 0 radical (unpaired) electrons. The first-order valence-electron chi connectivity index (χ1n) is 8.94. The largest absolute Gasteiger partial charge is 0.489 e. The van der Waals surface area contributed by atoms with Gasteiger partial charge in [-0.25, -0.2) is 9.79 Å². The van der Waals surface area contributed by atoms with Crippen molar-refractivity contribution in [3.05, 3.63) is 104 Å². The van der Waals surface area contributed by atoms with Gasteiger partial charge in [0.2, 0.25) is 5.90 Å². The van der Waals surface area contributed by atoms with E-state index >= 15 is 0 Å². The lowest BCUT2D eigenvalue weighted by atomic mass is 10.2. The molecule has 0 fully saturated rings. The molecule has 7 heteroatoms. The zero-order chi connectivity index (χ0) is 21.1. The quantitative estimate of drug-likeness (QED) is 0.321. The van der Waals surface area contributed by atoms with Gasteiger partial charge in [-0.2, -0.15) is 0 Å². The Kier molecular flexibility index (Phi) is 6.09. The average Bonchev–Trinajstić information content (AvgIpc) is 3.09. The number of carbonyl (C=O) groups excluding carboxylic acids is 1. The highest BCUT2D eigenvalue weighted by molar-refractivity contribution is 6.35. The Labute approximate surface area is 188 Å². The van der Waals surface area contributed by atoms with E-state index in [0.717, 1.165) is 11.1 Å². The van der Waals surface area contributed by atoms with Crippen LogP contribution < -0.4 is 4.74 Å². The molecule has 1 aliphatic heterocycles. The summed E-state index contributed by atoms with van der Waals surface area (Å²) in [5.74, 6) is 0.330. The lowest BCUT2D eigenvalue weighted by Gasteiger charge is -2.08. The fourth-order valence-corrected chi connectivity index (χ4v) is 3.46.